The molecule has 0 unspecified atom stereocenters. The Balaban J connectivity index is 2.85. The summed E-state index contributed by atoms with van der Waals surface area (Å²) in [5.74, 6) is -0.0151. The molecule has 0 radical (unpaired) electrons. The first-order valence-corrected chi connectivity index (χ1v) is 8.59. The van der Waals surface area contributed by atoms with Crippen LogP contribution in [0.3, 0.4) is 0 Å². The standard InChI is InChI=1S/C17H33NO2/c1-4-11-17(12-5-2,15-16(19)20-6-3)18-13-9-7-8-10-14-18/h4-15H2,1-3H3. The van der Waals surface area contributed by atoms with Gasteiger partial charge < -0.3 is 4.74 Å². The molecule has 118 valence electrons. The van der Waals surface area contributed by atoms with E-state index in [4.69, 9.17) is 4.74 Å². The lowest BCUT2D eigenvalue weighted by Crippen LogP contribution is -2.50. The van der Waals surface area contributed by atoms with Crippen LogP contribution in [-0.2, 0) is 9.53 Å². The van der Waals surface area contributed by atoms with E-state index in [-0.39, 0.29) is 11.5 Å². The van der Waals surface area contributed by atoms with Crippen molar-refractivity contribution in [2.24, 2.45) is 0 Å². The molecule has 1 aliphatic heterocycles. The zero-order chi connectivity index (χ0) is 14.8. The van der Waals surface area contributed by atoms with Crippen molar-refractivity contribution < 1.29 is 9.53 Å². The molecule has 20 heavy (non-hydrogen) atoms. The van der Waals surface area contributed by atoms with Crippen molar-refractivity contribution in [3.8, 4) is 0 Å². The Labute approximate surface area is 125 Å². The Morgan fingerprint density at radius 1 is 1.00 bits per heavy atom. The molecule has 0 saturated carbocycles. The summed E-state index contributed by atoms with van der Waals surface area (Å²) in [6, 6.07) is 0. The van der Waals surface area contributed by atoms with Gasteiger partial charge in [0.2, 0.25) is 0 Å². The number of esters is 1. The van der Waals surface area contributed by atoms with Crippen molar-refractivity contribution >= 4 is 5.97 Å². The largest absolute Gasteiger partial charge is 0.466 e. The fourth-order valence-corrected chi connectivity index (χ4v) is 3.69. The maximum absolute atomic E-state index is 12.1. The molecule has 0 bridgehead atoms. The zero-order valence-corrected chi connectivity index (χ0v) is 13.7. The minimum atomic E-state index is -0.0151. The monoisotopic (exact) mass is 283 g/mol. The molecule has 1 aliphatic rings. The van der Waals surface area contributed by atoms with Gasteiger partial charge in [0.1, 0.15) is 0 Å². The minimum absolute atomic E-state index is 0.0151. The van der Waals surface area contributed by atoms with Gasteiger partial charge in [0.25, 0.3) is 0 Å². The second kappa shape index (κ2) is 9.38. The lowest BCUT2D eigenvalue weighted by molar-refractivity contribution is -0.147. The lowest BCUT2D eigenvalue weighted by atomic mass is 9.83. The van der Waals surface area contributed by atoms with Crippen LogP contribution >= 0.6 is 0 Å². The highest BCUT2D eigenvalue weighted by Crippen LogP contribution is 2.33. The van der Waals surface area contributed by atoms with E-state index >= 15 is 0 Å². The average molecular weight is 283 g/mol. The fourth-order valence-electron chi connectivity index (χ4n) is 3.69. The van der Waals surface area contributed by atoms with Gasteiger partial charge in [-0.25, -0.2) is 0 Å². The van der Waals surface area contributed by atoms with Crippen LogP contribution < -0.4 is 0 Å². The topological polar surface area (TPSA) is 29.5 Å². The highest BCUT2D eigenvalue weighted by Gasteiger charge is 2.37. The summed E-state index contributed by atoms with van der Waals surface area (Å²) >= 11 is 0. The molecular formula is C17H33NO2. The van der Waals surface area contributed by atoms with Crippen LogP contribution in [-0.4, -0.2) is 36.1 Å². The molecule has 1 rings (SSSR count). The van der Waals surface area contributed by atoms with Crippen LogP contribution in [0, 0.1) is 0 Å². The number of carbonyl (C=O) groups excluding carboxylic acids is 1. The fraction of sp³-hybridized carbons (Fsp3) is 0.941. The number of hydrogen-bond acceptors (Lipinski definition) is 3. The van der Waals surface area contributed by atoms with E-state index in [0.29, 0.717) is 13.0 Å². The Morgan fingerprint density at radius 2 is 1.55 bits per heavy atom. The van der Waals surface area contributed by atoms with Crippen molar-refractivity contribution in [1.82, 2.24) is 4.90 Å². The number of ether oxygens (including phenoxy) is 1. The quantitative estimate of drug-likeness (QED) is 0.627. The van der Waals surface area contributed by atoms with Gasteiger partial charge in [-0.3, -0.25) is 9.69 Å². The molecule has 0 aliphatic carbocycles. The van der Waals surface area contributed by atoms with Crippen LogP contribution in [0.2, 0.25) is 0 Å². The van der Waals surface area contributed by atoms with Crippen molar-refractivity contribution in [3.63, 3.8) is 0 Å². The van der Waals surface area contributed by atoms with E-state index in [1.54, 1.807) is 0 Å². The van der Waals surface area contributed by atoms with Gasteiger partial charge in [-0.1, -0.05) is 39.5 Å². The van der Waals surface area contributed by atoms with E-state index in [1.807, 2.05) is 6.92 Å². The molecule has 0 N–H and O–H groups in total. The van der Waals surface area contributed by atoms with Gasteiger partial charge in [0, 0.05) is 5.54 Å². The molecule has 0 amide bonds. The summed E-state index contributed by atoms with van der Waals surface area (Å²) in [5, 5.41) is 0. The molecular weight excluding hydrogens is 250 g/mol. The molecule has 0 spiro atoms. The lowest BCUT2D eigenvalue weighted by Gasteiger charge is -2.43. The number of likely N-dealkylation sites (tertiary alicyclic amines) is 1. The predicted molar refractivity (Wildman–Crippen MR) is 83.8 cm³/mol. The van der Waals surface area contributed by atoms with Crippen LogP contribution in [0.25, 0.3) is 0 Å². The summed E-state index contributed by atoms with van der Waals surface area (Å²) in [7, 11) is 0. The number of carbonyl (C=O) groups is 1. The van der Waals surface area contributed by atoms with Crippen LogP contribution in [0.5, 0.6) is 0 Å². The van der Waals surface area contributed by atoms with E-state index in [9.17, 15) is 4.79 Å². The Morgan fingerprint density at radius 3 is 2.00 bits per heavy atom. The average Bonchev–Trinajstić information content (AvgIpc) is 2.68. The van der Waals surface area contributed by atoms with Crippen molar-refractivity contribution in [3.05, 3.63) is 0 Å². The number of rotatable bonds is 8. The Kier molecular flexibility index (Phi) is 8.20. The number of hydrogen-bond donors (Lipinski definition) is 0. The van der Waals surface area contributed by atoms with Gasteiger partial charge in [0.05, 0.1) is 13.0 Å². The number of nitrogens with zero attached hydrogens (tertiary/aromatic N) is 1. The maximum atomic E-state index is 12.1. The van der Waals surface area contributed by atoms with Crippen molar-refractivity contribution in [1.29, 1.82) is 0 Å². The first-order chi connectivity index (χ1) is 9.68. The third kappa shape index (κ3) is 5.08. The smallest absolute Gasteiger partial charge is 0.307 e. The summed E-state index contributed by atoms with van der Waals surface area (Å²) in [6.07, 6.45) is 10.3. The molecule has 1 fully saturated rings. The molecule has 1 saturated heterocycles. The van der Waals surface area contributed by atoms with Gasteiger partial charge in [-0.05, 0) is 45.7 Å². The zero-order valence-electron chi connectivity index (χ0n) is 13.7. The molecule has 1 heterocycles. The summed E-state index contributed by atoms with van der Waals surface area (Å²) in [5.41, 5.74) is 0.0418. The highest BCUT2D eigenvalue weighted by molar-refractivity contribution is 5.70. The SMILES string of the molecule is CCCC(CCC)(CC(=O)OCC)N1CCCCCC1. The molecule has 3 nitrogen and oxygen atoms in total. The predicted octanol–water partition coefficient (Wildman–Crippen LogP) is 4.15. The first kappa shape index (κ1) is 17.5. The van der Waals surface area contributed by atoms with Crippen molar-refractivity contribution in [2.75, 3.05) is 19.7 Å². The second-order valence-corrected chi connectivity index (χ2v) is 6.11. The van der Waals surface area contributed by atoms with Crippen LogP contribution in [0.15, 0.2) is 0 Å². The van der Waals surface area contributed by atoms with Crippen molar-refractivity contribution in [2.45, 2.75) is 84.1 Å². The summed E-state index contributed by atoms with van der Waals surface area (Å²) < 4.78 is 5.25. The third-order valence-electron chi connectivity index (χ3n) is 4.49. The van der Waals surface area contributed by atoms with Crippen LogP contribution in [0.1, 0.15) is 78.6 Å². The summed E-state index contributed by atoms with van der Waals surface area (Å²) in [4.78, 5) is 14.7. The van der Waals surface area contributed by atoms with E-state index < -0.39 is 0 Å². The molecule has 3 heteroatoms. The Hall–Kier alpha value is -0.570. The molecule has 0 atom stereocenters. The highest BCUT2D eigenvalue weighted by atomic mass is 16.5. The molecule has 0 aromatic carbocycles. The normalized spacial score (nSPS) is 17.8. The maximum Gasteiger partial charge on any atom is 0.307 e. The van der Waals surface area contributed by atoms with Gasteiger partial charge in [-0.15, -0.1) is 0 Å². The van der Waals surface area contributed by atoms with E-state index in [1.165, 1.54) is 25.7 Å². The van der Waals surface area contributed by atoms with Crippen LogP contribution in [0.4, 0.5) is 0 Å². The van der Waals surface area contributed by atoms with E-state index in [2.05, 4.69) is 18.7 Å². The first-order valence-electron chi connectivity index (χ1n) is 8.59. The van der Waals surface area contributed by atoms with E-state index in [0.717, 1.165) is 38.8 Å². The van der Waals surface area contributed by atoms with Gasteiger partial charge in [-0.2, -0.15) is 0 Å². The molecule has 0 aromatic rings. The molecule has 0 aromatic heterocycles. The minimum Gasteiger partial charge on any atom is -0.466 e. The van der Waals surface area contributed by atoms with Gasteiger partial charge in [0.15, 0.2) is 0 Å². The third-order valence-corrected chi connectivity index (χ3v) is 4.49. The van der Waals surface area contributed by atoms with Gasteiger partial charge >= 0.3 is 5.97 Å². The summed E-state index contributed by atoms with van der Waals surface area (Å²) in [6.45, 7) is 9.15. The second-order valence-electron chi connectivity index (χ2n) is 6.11. The Bertz CT molecular complexity index is 264.